The molecule has 31 heavy (non-hydrogen) atoms. The SMILES string of the molecule is CO[C@H]1C[C@](C)(CCC=C(C)C)[C@@H](/C=C/OC(=O)C=C(C)C)C2=C1CO[C@H]2CC(C)=O. The van der Waals surface area contributed by atoms with Crippen molar-refractivity contribution in [2.75, 3.05) is 13.7 Å². The van der Waals surface area contributed by atoms with Crippen LogP contribution in [0.25, 0.3) is 0 Å². The van der Waals surface area contributed by atoms with E-state index in [0.717, 1.165) is 36.0 Å². The first-order chi connectivity index (χ1) is 14.6. The van der Waals surface area contributed by atoms with Crippen LogP contribution in [0.2, 0.25) is 0 Å². The molecule has 4 atom stereocenters. The number of allylic oxidation sites excluding steroid dienone is 4. The molecule has 0 spiro atoms. The van der Waals surface area contributed by atoms with Gasteiger partial charge in [-0.15, -0.1) is 0 Å². The van der Waals surface area contributed by atoms with Crippen LogP contribution in [0.15, 0.2) is 46.8 Å². The lowest BCUT2D eigenvalue weighted by molar-refractivity contribution is -0.132. The van der Waals surface area contributed by atoms with Gasteiger partial charge in [-0.3, -0.25) is 4.79 Å². The first kappa shape index (κ1) is 25.3. The Kier molecular flexibility index (Phi) is 9.01. The Balaban J connectivity index is 2.42. The molecule has 0 N–H and O–H groups in total. The number of rotatable bonds is 9. The Morgan fingerprint density at radius 3 is 2.45 bits per heavy atom. The molecule has 2 rings (SSSR count). The van der Waals surface area contributed by atoms with Crippen LogP contribution < -0.4 is 0 Å². The molecule has 0 aromatic heterocycles. The normalized spacial score (nSPS) is 27.8. The Morgan fingerprint density at radius 1 is 1.16 bits per heavy atom. The van der Waals surface area contributed by atoms with E-state index in [1.54, 1.807) is 14.0 Å². The molecule has 0 fully saturated rings. The minimum atomic E-state index is -0.384. The second-order valence-electron chi connectivity index (χ2n) is 9.55. The molecular weight excluding hydrogens is 392 g/mol. The molecule has 0 amide bonds. The molecule has 0 bridgehead atoms. The lowest BCUT2D eigenvalue weighted by atomic mass is 9.61. The Hall–Kier alpha value is -1.98. The van der Waals surface area contributed by atoms with E-state index in [1.165, 1.54) is 17.9 Å². The third-order valence-electron chi connectivity index (χ3n) is 6.17. The molecule has 0 saturated carbocycles. The van der Waals surface area contributed by atoms with Crippen LogP contribution in [0, 0.1) is 11.3 Å². The highest BCUT2D eigenvalue weighted by molar-refractivity contribution is 5.83. The van der Waals surface area contributed by atoms with E-state index in [-0.39, 0.29) is 35.3 Å². The lowest BCUT2D eigenvalue weighted by Gasteiger charge is -2.45. The number of hydrogen-bond acceptors (Lipinski definition) is 5. The molecule has 5 heteroatoms. The molecule has 0 unspecified atom stereocenters. The lowest BCUT2D eigenvalue weighted by Crippen LogP contribution is -2.40. The summed E-state index contributed by atoms with van der Waals surface area (Å²) in [7, 11) is 1.74. The second kappa shape index (κ2) is 11.1. The van der Waals surface area contributed by atoms with Crippen molar-refractivity contribution >= 4 is 11.8 Å². The number of esters is 1. The summed E-state index contributed by atoms with van der Waals surface area (Å²) in [6.07, 6.45) is 10.0. The van der Waals surface area contributed by atoms with Crippen molar-refractivity contribution in [2.45, 2.75) is 79.4 Å². The Bertz CT molecular complexity index is 793. The minimum Gasteiger partial charge on any atom is -0.432 e. The maximum atomic E-state index is 12.0. The van der Waals surface area contributed by atoms with Gasteiger partial charge in [0.2, 0.25) is 0 Å². The fourth-order valence-electron chi connectivity index (χ4n) is 4.69. The third-order valence-corrected chi connectivity index (χ3v) is 6.17. The van der Waals surface area contributed by atoms with E-state index >= 15 is 0 Å². The van der Waals surface area contributed by atoms with E-state index in [1.807, 2.05) is 19.9 Å². The standard InChI is InChI=1S/C26H38O5/c1-17(2)9-8-11-26(6)15-23(29-7)20-16-31-22(14-19(5)27)25(20)21(26)10-12-30-24(28)13-18(3)4/h9-10,12-13,21-23H,8,11,14-16H2,1-7H3/b12-10+/t21-,22-,23-,26-/m0/s1. The maximum Gasteiger partial charge on any atom is 0.335 e. The number of carbonyl (C=O) groups excluding carboxylic acids is 2. The number of ketones is 1. The van der Waals surface area contributed by atoms with Gasteiger partial charge in [0.05, 0.1) is 25.1 Å². The predicted molar refractivity (Wildman–Crippen MR) is 122 cm³/mol. The monoisotopic (exact) mass is 430 g/mol. The summed E-state index contributed by atoms with van der Waals surface area (Å²) < 4.78 is 17.3. The van der Waals surface area contributed by atoms with E-state index in [2.05, 4.69) is 26.8 Å². The Labute approximate surface area is 187 Å². The molecule has 0 aromatic rings. The van der Waals surface area contributed by atoms with Crippen molar-refractivity contribution in [1.29, 1.82) is 0 Å². The number of hydrogen-bond donors (Lipinski definition) is 0. The molecule has 0 aromatic carbocycles. The van der Waals surface area contributed by atoms with Crippen molar-refractivity contribution in [3.05, 3.63) is 46.8 Å². The molecular formula is C26H38O5. The van der Waals surface area contributed by atoms with E-state index in [0.29, 0.717) is 13.0 Å². The molecule has 0 radical (unpaired) electrons. The Morgan fingerprint density at radius 2 is 1.87 bits per heavy atom. The first-order valence-corrected chi connectivity index (χ1v) is 11.1. The minimum absolute atomic E-state index is 0.00538. The smallest absolute Gasteiger partial charge is 0.335 e. The van der Waals surface area contributed by atoms with Crippen molar-refractivity contribution in [3.8, 4) is 0 Å². The highest BCUT2D eigenvalue weighted by Gasteiger charge is 2.48. The van der Waals surface area contributed by atoms with Gasteiger partial charge in [0, 0.05) is 25.5 Å². The van der Waals surface area contributed by atoms with E-state index < -0.39 is 0 Å². The molecule has 172 valence electrons. The molecule has 2 aliphatic rings. The summed E-state index contributed by atoms with van der Waals surface area (Å²) in [5.74, 6) is -0.279. The highest BCUT2D eigenvalue weighted by atomic mass is 16.5. The van der Waals surface area contributed by atoms with Gasteiger partial charge in [-0.2, -0.15) is 0 Å². The number of ether oxygens (including phenoxy) is 3. The van der Waals surface area contributed by atoms with E-state index in [9.17, 15) is 9.59 Å². The summed E-state index contributed by atoms with van der Waals surface area (Å²) in [5.41, 5.74) is 4.33. The molecule has 0 saturated heterocycles. The molecule has 1 aliphatic heterocycles. The molecule has 1 heterocycles. The summed E-state index contributed by atoms with van der Waals surface area (Å²) in [4.78, 5) is 23.9. The van der Waals surface area contributed by atoms with Crippen molar-refractivity contribution in [1.82, 2.24) is 0 Å². The zero-order valence-corrected chi connectivity index (χ0v) is 20.1. The van der Waals surface area contributed by atoms with Gasteiger partial charge in [-0.05, 0) is 76.5 Å². The van der Waals surface area contributed by atoms with E-state index in [4.69, 9.17) is 14.2 Å². The first-order valence-electron chi connectivity index (χ1n) is 11.1. The van der Waals surface area contributed by atoms with Crippen LogP contribution in [-0.4, -0.2) is 37.7 Å². The van der Waals surface area contributed by atoms with Gasteiger partial charge in [0.1, 0.15) is 5.78 Å². The van der Waals surface area contributed by atoms with Crippen molar-refractivity contribution < 1.29 is 23.8 Å². The van der Waals surface area contributed by atoms with Gasteiger partial charge in [-0.1, -0.05) is 24.1 Å². The fraction of sp³-hybridized carbons (Fsp3) is 0.615. The second-order valence-corrected chi connectivity index (χ2v) is 9.55. The molecule has 5 nitrogen and oxygen atoms in total. The van der Waals surface area contributed by atoms with Gasteiger partial charge in [0.15, 0.2) is 0 Å². The van der Waals surface area contributed by atoms with Crippen molar-refractivity contribution in [2.24, 2.45) is 11.3 Å². The van der Waals surface area contributed by atoms with Crippen LogP contribution in [0.4, 0.5) is 0 Å². The summed E-state index contributed by atoms with van der Waals surface area (Å²) in [6.45, 7) is 12.3. The molecule has 1 aliphatic carbocycles. The van der Waals surface area contributed by atoms with Crippen LogP contribution in [0.3, 0.4) is 0 Å². The average Bonchev–Trinajstić information content (AvgIpc) is 3.05. The summed E-state index contributed by atoms with van der Waals surface area (Å²) in [6, 6.07) is 0. The predicted octanol–water partition coefficient (Wildman–Crippen LogP) is 5.47. The zero-order chi connectivity index (χ0) is 23.2. The highest BCUT2D eigenvalue weighted by Crippen LogP contribution is 2.52. The fourth-order valence-corrected chi connectivity index (χ4v) is 4.69. The number of carbonyl (C=O) groups is 2. The summed E-state index contributed by atoms with van der Waals surface area (Å²) in [5, 5.41) is 0. The maximum absolute atomic E-state index is 12.0. The van der Waals surface area contributed by atoms with Gasteiger partial charge in [-0.25, -0.2) is 4.79 Å². The van der Waals surface area contributed by atoms with Crippen LogP contribution >= 0.6 is 0 Å². The average molecular weight is 431 g/mol. The quantitative estimate of drug-likeness (QED) is 0.210. The zero-order valence-electron chi connectivity index (χ0n) is 20.1. The van der Waals surface area contributed by atoms with Gasteiger partial charge >= 0.3 is 5.97 Å². The number of methoxy groups -OCH3 is 1. The topological polar surface area (TPSA) is 61.8 Å². The van der Waals surface area contributed by atoms with Crippen molar-refractivity contribution in [3.63, 3.8) is 0 Å². The largest absolute Gasteiger partial charge is 0.432 e. The van der Waals surface area contributed by atoms with Gasteiger partial charge in [0.25, 0.3) is 0 Å². The van der Waals surface area contributed by atoms with Crippen LogP contribution in [-0.2, 0) is 23.8 Å². The van der Waals surface area contributed by atoms with Crippen LogP contribution in [0.1, 0.15) is 67.2 Å². The summed E-state index contributed by atoms with van der Waals surface area (Å²) >= 11 is 0. The number of Topliss-reactive ketones (excluding diaryl/α,β-unsaturated/α-hetero) is 1. The third kappa shape index (κ3) is 6.75. The van der Waals surface area contributed by atoms with Gasteiger partial charge < -0.3 is 14.2 Å². The van der Waals surface area contributed by atoms with Crippen LogP contribution in [0.5, 0.6) is 0 Å².